The average molecular weight is 286 g/mol. The van der Waals surface area contributed by atoms with Crippen molar-refractivity contribution in [2.24, 2.45) is 0 Å². The third-order valence-corrected chi connectivity index (χ3v) is 3.51. The summed E-state index contributed by atoms with van der Waals surface area (Å²) in [5.41, 5.74) is 3.36. The molecule has 5 heteroatoms. The summed E-state index contributed by atoms with van der Waals surface area (Å²) < 4.78 is 1.71. The van der Waals surface area contributed by atoms with Crippen LogP contribution in [0.1, 0.15) is 41.6 Å². The molecule has 1 atom stereocenters. The van der Waals surface area contributed by atoms with Gasteiger partial charge in [-0.1, -0.05) is 12.1 Å². The van der Waals surface area contributed by atoms with Gasteiger partial charge in [-0.3, -0.25) is 9.48 Å². The first-order chi connectivity index (χ1) is 10.0. The summed E-state index contributed by atoms with van der Waals surface area (Å²) in [5.74, 6) is -0.133. The van der Waals surface area contributed by atoms with Gasteiger partial charge < -0.3 is 10.6 Å². The van der Waals surface area contributed by atoms with Crippen molar-refractivity contribution in [3.63, 3.8) is 0 Å². The van der Waals surface area contributed by atoms with Crippen LogP contribution in [0.15, 0.2) is 30.3 Å². The van der Waals surface area contributed by atoms with E-state index in [1.807, 2.05) is 45.2 Å². The normalized spacial score (nSPS) is 12.2. The summed E-state index contributed by atoms with van der Waals surface area (Å²) in [4.78, 5) is 12.4. The van der Waals surface area contributed by atoms with E-state index in [-0.39, 0.29) is 11.9 Å². The topological polar surface area (TPSA) is 59.0 Å². The van der Waals surface area contributed by atoms with Crippen LogP contribution in [0.5, 0.6) is 0 Å². The number of hydrogen-bond acceptors (Lipinski definition) is 3. The lowest BCUT2D eigenvalue weighted by Gasteiger charge is -2.13. The minimum absolute atomic E-state index is 0.133. The molecule has 2 aromatic rings. The van der Waals surface area contributed by atoms with Gasteiger partial charge in [0.2, 0.25) is 0 Å². The molecule has 1 unspecified atom stereocenters. The Labute approximate surface area is 125 Å². The maximum atomic E-state index is 12.4. The monoisotopic (exact) mass is 286 g/mol. The molecule has 0 radical (unpaired) electrons. The van der Waals surface area contributed by atoms with Gasteiger partial charge in [0.1, 0.15) is 5.69 Å². The second kappa shape index (κ2) is 6.54. The molecule has 5 nitrogen and oxygen atoms in total. The van der Waals surface area contributed by atoms with Crippen molar-refractivity contribution in [2.75, 3.05) is 12.4 Å². The summed E-state index contributed by atoms with van der Waals surface area (Å²) in [5, 5.41) is 10.4. The number of nitrogens with zero attached hydrogens (tertiary/aromatic N) is 2. The molecule has 1 amide bonds. The zero-order chi connectivity index (χ0) is 15.4. The van der Waals surface area contributed by atoms with Gasteiger partial charge in [0.15, 0.2) is 0 Å². The van der Waals surface area contributed by atoms with Gasteiger partial charge in [-0.15, -0.1) is 0 Å². The second-order valence-corrected chi connectivity index (χ2v) is 5.08. The van der Waals surface area contributed by atoms with Crippen molar-refractivity contribution in [3.8, 4) is 0 Å². The van der Waals surface area contributed by atoms with E-state index in [0.29, 0.717) is 12.2 Å². The first-order valence-electron chi connectivity index (χ1n) is 7.18. The van der Waals surface area contributed by atoms with Gasteiger partial charge in [-0.05, 0) is 51.6 Å². The first-order valence-corrected chi connectivity index (χ1v) is 7.18. The van der Waals surface area contributed by atoms with Crippen LogP contribution in [0.4, 0.5) is 5.69 Å². The molecule has 2 rings (SSSR count). The summed E-state index contributed by atoms with van der Waals surface area (Å²) in [6.07, 6.45) is 0. The number of aromatic nitrogens is 2. The molecule has 1 aromatic heterocycles. The van der Waals surface area contributed by atoms with Crippen LogP contribution in [-0.2, 0) is 6.54 Å². The third-order valence-electron chi connectivity index (χ3n) is 3.51. The highest BCUT2D eigenvalue weighted by Crippen LogP contribution is 2.18. The number of aryl methyl sites for hydroxylation is 2. The maximum absolute atomic E-state index is 12.4. The van der Waals surface area contributed by atoms with Crippen LogP contribution in [0.3, 0.4) is 0 Å². The standard InChI is InChI=1S/C16H22N4O/c1-5-20-15(9-11(2)19-20)16(21)18-14-8-6-7-13(10-14)12(3)17-4/h6-10,12,17H,5H2,1-4H3,(H,18,21). The predicted octanol–water partition coefficient (Wildman–Crippen LogP) is 2.74. The van der Waals surface area contributed by atoms with E-state index < -0.39 is 0 Å². The molecule has 0 aliphatic rings. The molecule has 0 aliphatic carbocycles. The van der Waals surface area contributed by atoms with Crippen LogP contribution >= 0.6 is 0 Å². The zero-order valence-corrected chi connectivity index (χ0v) is 13.0. The van der Waals surface area contributed by atoms with E-state index in [9.17, 15) is 4.79 Å². The highest BCUT2D eigenvalue weighted by atomic mass is 16.2. The van der Waals surface area contributed by atoms with Crippen LogP contribution in [0, 0.1) is 6.92 Å². The van der Waals surface area contributed by atoms with Crippen molar-refractivity contribution < 1.29 is 4.79 Å². The van der Waals surface area contributed by atoms with Gasteiger partial charge in [0.25, 0.3) is 5.91 Å². The lowest BCUT2D eigenvalue weighted by atomic mass is 10.1. The van der Waals surface area contributed by atoms with E-state index in [4.69, 9.17) is 0 Å². The third kappa shape index (κ3) is 3.49. The molecule has 0 bridgehead atoms. The fraction of sp³-hybridized carbons (Fsp3) is 0.375. The van der Waals surface area contributed by atoms with E-state index in [0.717, 1.165) is 16.9 Å². The molecule has 0 aliphatic heterocycles. The van der Waals surface area contributed by atoms with Gasteiger partial charge in [0.05, 0.1) is 5.69 Å². The van der Waals surface area contributed by atoms with E-state index in [1.54, 1.807) is 10.7 Å². The lowest BCUT2D eigenvalue weighted by Crippen LogP contribution is -2.18. The Bertz CT molecular complexity index is 633. The number of anilines is 1. The molecule has 112 valence electrons. The van der Waals surface area contributed by atoms with Crippen molar-refractivity contribution in [2.45, 2.75) is 33.4 Å². The molecule has 0 saturated heterocycles. The Morgan fingerprint density at radius 3 is 2.81 bits per heavy atom. The fourth-order valence-electron chi connectivity index (χ4n) is 2.22. The van der Waals surface area contributed by atoms with E-state index in [2.05, 4.69) is 22.7 Å². The van der Waals surface area contributed by atoms with E-state index in [1.165, 1.54) is 0 Å². The smallest absolute Gasteiger partial charge is 0.273 e. The summed E-state index contributed by atoms with van der Waals surface area (Å²) in [6, 6.07) is 9.91. The van der Waals surface area contributed by atoms with Crippen molar-refractivity contribution in [3.05, 3.63) is 47.3 Å². The molecule has 1 heterocycles. The Kier molecular flexibility index (Phi) is 4.75. The summed E-state index contributed by atoms with van der Waals surface area (Å²) in [6.45, 7) is 6.61. The number of rotatable bonds is 5. The molecule has 0 spiro atoms. The largest absolute Gasteiger partial charge is 0.321 e. The predicted molar refractivity (Wildman–Crippen MR) is 84.5 cm³/mol. The minimum Gasteiger partial charge on any atom is -0.321 e. The van der Waals surface area contributed by atoms with Gasteiger partial charge in [0, 0.05) is 18.3 Å². The number of hydrogen-bond donors (Lipinski definition) is 2. The van der Waals surface area contributed by atoms with Crippen LogP contribution in [0.25, 0.3) is 0 Å². The summed E-state index contributed by atoms with van der Waals surface area (Å²) >= 11 is 0. The molecular weight excluding hydrogens is 264 g/mol. The lowest BCUT2D eigenvalue weighted by molar-refractivity contribution is 0.101. The van der Waals surface area contributed by atoms with Crippen molar-refractivity contribution in [1.82, 2.24) is 15.1 Å². The maximum Gasteiger partial charge on any atom is 0.273 e. The molecule has 0 fully saturated rings. The van der Waals surface area contributed by atoms with Crippen LogP contribution in [-0.4, -0.2) is 22.7 Å². The minimum atomic E-state index is -0.133. The first kappa shape index (κ1) is 15.3. The van der Waals surface area contributed by atoms with Gasteiger partial charge >= 0.3 is 0 Å². The molecule has 21 heavy (non-hydrogen) atoms. The van der Waals surface area contributed by atoms with Gasteiger partial charge in [-0.25, -0.2) is 0 Å². The van der Waals surface area contributed by atoms with Gasteiger partial charge in [-0.2, -0.15) is 5.10 Å². The van der Waals surface area contributed by atoms with Crippen LogP contribution < -0.4 is 10.6 Å². The molecule has 2 N–H and O–H groups in total. The van der Waals surface area contributed by atoms with Crippen molar-refractivity contribution in [1.29, 1.82) is 0 Å². The Hall–Kier alpha value is -2.14. The zero-order valence-electron chi connectivity index (χ0n) is 13.0. The highest BCUT2D eigenvalue weighted by Gasteiger charge is 2.13. The Balaban J connectivity index is 2.19. The number of amides is 1. The Morgan fingerprint density at radius 1 is 1.38 bits per heavy atom. The van der Waals surface area contributed by atoms with Crippen LogP contribution in [0.2, 0.25) is 0 Å². The fourth-order valence-corrected chi connectivity index (χ4v) is 2.22. The highest BCUT2D eigenvalue weighted by molar-refractivity contribution is 6.03. The average Bonchev–Trinajstić information content (AvgIpc) is 2.88. The van der Waals surface area contributed by atoms with E-state index >= 15 is 0 Å². The SMILES string of the molecule is CCn1nc(C)cc1C(=O)Nc1cccc(C(C)NC)c1. The quantitative estimate of drug-likeness (QED) is 0.888. The number of carbonyl (C=O) groups excluding carboxylic acids is 1. The number of benzene rings is 1. The summed E-state index contributed by atoms with van der Waals surface area (Å²) in [7, 11) is 1.92. The molecule has 1 aromatic carbocycles. The number of nitrogens with one attached hydrogen (secondary N) is 2. The molecular formula is C16H22N4O. The molecule has 0 saturated carbocycles. The Morgan fingerprint density at radius 2 is 2.14 bits per heavy atom. The number of carbonyl (C=O) groups is 1. The second-order valence-electron chi connectivity index (χ2n) is 5.08. The van der Waals surface area contributed by atoms with Crippen molar-refractivity contribution >= 4 is 11.6 Å².